The molecule has 1 aliphatic heterocycles. The molecule has 11 nitrogen and oxygen atoms in total. The molecule has 0 saturated carbocycles. The van der Waals surface area contributed by atoms with E-state index in [2.05, 4.69) is 0 Å². The van der Waals surface area contributed by atoms with E-state index in [9.17, 15) is 22.8 Å². The molecule has 1 aromatic carbocycles. The highest BCUT2D eigenvalue weighted by molar-refractivity contribution is 7.90. The second-order valence-electron chi connectivity index (χ2n) is 10.8. The molecule has 202 valence electrons. The number of anilines is 2. The van der Waals surface area contributed by atoms with Gasteiger partial charge in [-0.25, -0.2) is 18.0 Å². The van der Waals surface area contributed by atoms with E-state index < -0.39 is 51.0 Å². The largest absolute Gasteiger partial charge is 0.465 e. The second-order valence-corrected chi connectivity index (χ2v) is 12.8. The number of nitrogens with two attached hydrogens (primary N) is 2. The summed E-state index contributed by atoms with van der Waals surface area (Å²) in [5, 5.41) is 0. The van der Waals surface area contributed by atoms with E-state index in [-0.39, 0.29) is 40.4 Å². The molecule has 0 bridgehead atoms. The van der Waals surface area contributed by atoms with Crippen molar-refractivity contribution in [1.82, 2.24) is 0 Å². The van der Waals surface area contributed by atoms with E-state index in [4.69, 9.17) is 25.7 Å². The summed E-state index contributed by atoms with van der Waals surface area (Å²) in [5.41, 5.74) is 10.2. The predicted octanol–water partition coefficient (Wildman–Crippen LogP) is 2.26. The number of ether oxygens (including phenoxy) is 3. The van der Waals surface area contributed by atoms with Gasteiger partial charge in [0, 0.05) is 12.8 Å². The first-order chi connectivity index (χ1) is 16.3. The van der Waals surface area contributed by atoms with Gasteiger partial charge in [0.1, 0.15) is 11.2 Å². The molecule has 2 rings (SSSR count). The lowest BCUT2D eigenvalue weighted by atomic mass is 9.93. The monoisotopic (exact) mass is 527 g/mol. The van der Waals surface area contributed by atoms with Crippen LogP contribution in [-0.4, -0.2) is 63.6 Å². The van der Waals surface area contributed by atoms with Crippen molar-refractivity contribution in [1.29, 1.82) is 0 Å². The van der Waals surface area contributed by atoms with Gasteiger partial charge in [0.05, 0.1) is 46.6 Å². The van der Waals surface area contributed by atoms with E-state index in [1.165, 1.54) is 4.90 Å². The zero-order chi connectivity index (χ0) is 27.8. The van der Waals surface area contributed by atoms with Gasteiger partial charge in [0.2, 0.25) is 0 Å². The van der Waals surface area contributed by atoms with Crippen molar-refractivity contribution in [3.05, 3.63) is 17.2 Å². The van der Waals surface area contributed by atoms with Crippen LogP contribution in [0.1, 0.15) is 75.1 Å². The summed E-state index contributed by atoms with van der Waals surface area (Å²) in [6.07, 6.45) is 0.608. The minimum atomic E-state index is -3.95. The van der Waals surface area contributed by atoms with E-state index in [0.29, 0.717) is 6.42 Å². The maximum absolute atomic E-state index is 13.1. The fourth-order valence-electron chi connectivity index (χ4n) is 3.94. The molecule has 1 aliphatic rings. The minimum absolute atomic E-state index is 0.0267. The first kappa shape index (κ1) is 29.4. The summed E-state index contributed by atoms with van der Waals surface area (Å²) in [7, 11) is -2.85. The molecule has 0 radical (unpaired) electrons. The number of carbonyl (C=O) groups excluding carboxylic acids is 3. The molecule has 0 amide bonds. The highest BCUT2D eigenvalue weighted by Gasteiger charge is 2.38. The van der Waals surface area contributed by atoms with Crippen LogP contribution < -0.4 is 16.4 Å². The van der Waals surface area contributed by atoms with Gasteiger partial charge in [-0.3, -0.25) is 4.79 Å². The fraction of sp³-hybridized carbons (Fsp3) is 0.625. The smallest absolute Gasteiger partial charge is 0.341 e. The van der Waals surface area contributed by atoms with E-state index >= 15 is 0 Å². The normalized spacial score (nSPS) is 19.0. The van der Waals surface area contributed by atoms with Crippen molar-refractivity contribution in [3.8, 4) is 0 Å². The fourth-order valence-corrected chi connectivity index (χ4v) is 4.85. The second kappa shape index (κ2) is 10.3. The number of esters is 3. The van der Waals surface area contributed by atoms with Gasteiger partial charge in [-0.1, -0.05) is 0 Å². The van der Waals surface area contributed by atoms with Gasteiger partial charge in [-0.05, 0) is 60.5 Å². The molecule has 0 spiro atoms. The summed E-state index contributed by atoms with van der Waals surface area (Å²) >= 11 is 0. The predicted molar refractivity (Wildman–Crippen MR) is 134 cm³/mol. The molecule has 1 aromatic rings. The number of rotatable bonds is 5. The SMILES string of the molecule is COC(=O)c1cc(S(C)(=O)=O)c(N2CCC(C(=O)OC(C)(C)C)CC2N)c(N)c1C(=O)OC(C)(C)C. The van der Waals surface area contributed by atoms with Crippen LogP contribution in [-0.2, 0) is 28.8 Å². The summed E-state index contributed by atoms with van der Waals surface area (Å²) in [6.45, 7) is 10.4. The number of nitrogen functional groups attached to an aromatic ring is 1. The van der Waals surface area contributed by atoms with Gasteiger partial charge in [-0.15, -0.1) is 0 Å². The van der Waals surface area contributed by atoms with Gasteiger partial charge in [0.25, 0.3) is 0 Å². The average molecular weight is 528 g/mol. The Bertz CT molecular complexity index is 1150. The Morgan fingerprint density at radius 2 is 1.58 bits per heavy atom. The first-order valence-corrected chi connectivity index (χ1v) is 13.4. The Balaban J connectivity index is 2.66. The highest BCUT2D eigenvalue weighted by atomic mass is 32.2. The number of carbonyl (C=O) groups is 3. The minimum Gasteiger partial charge on any atom is -0.465 e. The number of hydrogen-bond donors (Lipinski definition) is 2. The van der Waals surface area contributed by atoms with Crippen LogP contribution >= 0.6 is 0 Å². The molecule has 0 aliphatic carbocycles. The number of benzene rings is 1. The molecular formula is C24H37N3O8S. The Morgan fingerprint density at radius 3 is 2.03 bits per heavy atom. The lowest BCUT2D eigenvalue weighted by Crippen LogP contribution is -2.51. The van der Waals surface area contributed by atoms with Crippen molar-refractivity contribution in [3.63, 3.8) is 0 Å². The Kier molecular flexibility index (Phi) is 8.36. The van der Waals surface area contributed by atoms with Crippen LogP contribution in [0.15, 0.2) is 11.0 Å². The van der Waals surface area contributed by atoms with Crippen molar-refractivity contribution in [2.45, 2.75) is 76.6 Å². The molecule has 2 atom stereocenters. The Labute approximate surface area is 212 Å². The van der Waals surface area contributed by atoms with Gasteiger partial charge >= 0.3 is 17.9 Å². The van der Waals surface area contributed by atoms with Gasteiger partial charge in [0.15, 0.2) is 9.84 Å². The molecule has 36 heavy (non-hydrogen) atoms. The molecule has 12 heteroatoms. The van der Waals surface area contributed by atoms with Crippen molar-refractivity contribution < 1.29 is 37.0 Å². The number of sulfone groups is 1. The van der Waals surface area contributed by atoms with E-state index in [1.807, 2.05) is 0 Å². The summed E-state index contributed by atoms with van der Waals surface area (Å²) in [6, 6.07) is 1.05. The van der Waals surface area contributed by atoms with E-state index in [0.717, 1.165) is 19.4 Å². The molecule has 1 saturated heterocycles. The Hall–Kier alpha value is -2.86. The van der Waals surface area contributed by atoms with E-state index in [1.54, 1.807) is 41.5 Å². The van der Waals surface area contributed by atoms with Gasteiger partial charge < -0.3 is 30.6 Å². The number of piperidine rings is 1. The van der Waals surface area contributed by atoms with Crippen LogP contribution in [0.5, 0.6) is 0 Å². The maximum Gasteiger partial charge on any atom is 0.341 e. The van der Waals surface area contributed by atoms with Crippen molar-refractivity contribution in [2.75, 3.05) is 30.5 Å². The standard InChI is InChI=1S/C24H37N3O8S/c1-23(2,3)34-20(28)13-9-10-27(16(25)11-13)19-15(36(8,31)32)12-14(21(29)33-7)17(18(19)26)22(30)35-24(4,5)6/h12-13,16H,9-11,25-26H2,1-8H3. The lowest BCUT2D eigenvalue weighted by molar-refractivity contribution is -0.161. The molecule has 4 N–H and O–H groups in total. The maximum atomic E-state index is 13.1. The van der Waals surface area contributed by atoms with Crippen molar-refractivity contribution >= 4 is 39.1 Å². The third-order valence-corrected chi connectivity index (χ3v) is 6.49. The average Bonchev–Trinajstić information content (AvgIpc) is 2.69. The van der Waals surface area contributed by atoms with Crippen LogP contribution in [0, 0.1) is 5.92 Å². The zero-order valence-corrected chi connectivity index (χ0v) is 22.9. The van der Waals surface area contributed by atoms with Crippen LogP contribution in [0.2, 0.25) is 0 Å². The highest BCUT2D eigenvalue weighted by Crippen LogP contribution is 2.41. The quantitative estimate of drug-likeness (QED) is 0.327. The molecular weight excluding hydrogens is 490 g/mol. The topological polar surface area (TPSA) is 168 Å². The zero-order valence-electron chi connectivity index (χ0n) is 22.1. The number of nitrogens with zero attached hydrogens (tertiary/aromatic N) is 1. The van der Waals surface area contributed by atoms with Crippen molar-refractivity contribution in [2.24, 2.45) is 11.7 Å². The van der Waals surface area contributed by atoms with Crippen LogP contribution in [0.3, 0.4) is 0 Å². The summed E-state index contributed by atoms with van der Waals surface area (Å²) in [5.74, 6) is -2.77. The Morgan fingerprint density at radius 1 is 1.03 bits per heavy atom. The third-order valence-electron chi connectivity index (χ3n) is 5.38. The first-order valence-electron chi connectivity index (χ1n) is 11.5. The molecule has 0 aromatic heterocycles. The van der Waals surface area contributed by atoms with Crippen LogP contribution in [0.25, 0.3) is 0 Å². The lowest BCUT2D eigenvalue weighted by Gasteiger charge is -2.40. The third kappa shape index (κ3) is 6.88. The molecule has 1 heterocycles. The molecule has 1 fully saturated rings. The summed E-state index contributed by atoms with van der Waals surface area (Å²) in [4.78, 5) is 39.5. The van der Waals surface area contributed by atoms with Crippen LogP contribution in [0.4, 0.5) is 11.4 Å². The number of methoxy groups -OCH3 is 1. The molecule has 2 unspecified atom stereocenters. The summed E-state index contributed by atoms with van der Waals surface area (Å²) < 4.78 is 41.3. The van der Waals surface area contributed by atoms with Gasteiger partial charge in [-0.2, -0.15) is 0 Å². The number of hydrogen-bond acceptors (Lipinski definition) is 11.